The van der Waals surface area contributed by atoms with Crippen molar-refractivity contribution in [1.82, 2.24) is 10.2 Å². The largest absolute Gasteiger partial charge is 0.507 e. The van der Waals surface area contributed by atoms with Gasteiger partial charge in [0.15, 0.2) is 0 Å². The van der Waals surface area contributed by atoms with Gasteiger partial charge in [-0.3, -0.25) is 9.69 Å². The van der Waals surface area contributed by atoms with Crippen molar-refractivity contribution in [1.29, 1.82) is 0 Å². The zero-order valence-electron chi connectivity index (χ0n) is 11.1. The number of aromatic hydroxyl groups is 1. The number of nitrogens with zero attached hydrogens (tertiary/aromatic N) is 1. The molecule has 0 radical (unpaired) electrons. The molecule has 0 bridgehead atoms. The monoisotopic (exact) mass is 330 g/mol. The first-order chi connectivity index (χ1) is 9.02. The highest BCUT2D eigenvalue weighted by atomic mass is 79.9. The van der Waals surface area contributed by atoms with Gasteiger partial charge < -0.3 is 15.2 Å². The average Bonchev–Trinajstić information content (AvgIpc) is 2.34. The normalized spacial score (nSPS) is 10.7. The first-order valence-corrected chi connectivity index (χ1v) is 6.73. The maximum Gasteiger partial charge on any atom is 0.234 e. The standard InChI is InChI=1S/C13H19BrN2O3/c1-16(9-13(18)15-5-6-19-2)8-10-3-4-12(17)11(14)7-10/h3-4,7,17H,5-6,8-9H2,1-2H3,(H,15,18). The lowest BCUT2D eigenvalue weighted by molar-refractivity contribution is -0.122. The number of rotatable bonds is 7. The number of amides is 1. The lowest BCUT2D eigenvalue weighted by Crippen LogP contribution is -2.36. The molecule has 0 aliphatic rings. The summed E-state index contributed by atoms with van der Waals surface area (Å²) < 4.78 is 5.52. The van der Waals surface area contributed by atoms with E-state index in [9.17, 15) is 9.90 Å². The van der Waals surface area contributed by atoms with Crippen molar-refractivity contribution in [2.75, 3.05) is 33.9 Å². The van der Waals surface area contributed by atoms with Crippen LogP contribution in [0.4, 0.5) is 0 Å². The molecule has 0 spiro atoms. The quantitative estimate of drug-likeness (QED) is 0.741. The van der Waals surface area contributed by atoms with Crippen LogP contribution < -0.4 is 5.32 Å². The molecule has 0 heterocycles. The summed E-state index contributed by atoms with van der Waals surface area (Å²) in [7, 11) is 3.47. The first-order valence-electron chi connectivity index (χ1n) is 5.94. The summed E-state index contributed by atoms with van der Waals surface area (Å²) in [6.45, 7) is 1.99. The zero-order chi connectivity index (χ0) is 14.3. The summed E-state index contributed by atoms with van der Waals surface area (Å²) >= 11 is 3.27. The molecule has 0 fully saturated rings. The Morgan fingerprint density at radius 1 is 1.53 bits per heavy atom. The summed E-state index contributed by atoms with van der Waals surface area (Å²) in [6, 6.07) is 5.31. The van der Waals surface area contributed by atoms with Gasteiger partial charge in [-0.1, -0.05) is 6.07 Å². The molecule has 0 atom stereocenters. The maximum atomic E-state index is 11.6. The number of phenolic OH excluding ortho intramolecular Hbond substituents is 1. The topological polar surface area (TPSA) is 61.8 Å². The summed E-state index contributed by atoms with van der Waals surface area (Å²) in [5.74, 6) is 0.182. The van der Waals surface area contributed by atoms with E-state index in [-0.39, 0.29) is 11.7 Å². The van der Waals surface area contributed by atoms with Gasteiger partial charge in [0, 0.05) is 20.2 Å². The molecule has 5 nitrogen and oxygen atoms in total. The van der Waals surface area contributed by atoms with Gasteiger partial charge >= 0.3 is 0 Å². The zero-order valence-corrected chi connectivity index (χ0v) is 12.7. The number of benzene rings is 1. The molecule has 1 rings (SSSR count). The lowest BCUT2D eigenvalue weighted by Gasteiger charge is -2.16. The van der Waals surface area contributed by atoms with Crippen molar-refractivity contribution >= 4 is 21.8 Å². The molecular formula is C13H19BrN2O3. The Balaban J connectivity index is 2.39. The van der Waals surface area contributed by atoms with Gasteiger partial charge in [0.1, 0.15) is 5.75 Å². The Morgan fingerprint density at radius 3 is 2.89 bits per heavy atom. The van der Waals surface area contributed by atoms with Crippen LogP contribution in [0.2, 0.25) is 0 Å². The van der Waals surface area contributed by atoms with Gasteiger partial charge in [-0.05, 0) is 40.7 Å². The van der Waals surface area contributed by atoms with Gasteiger partial charge in [0.05, 0.1) is 17.6 Å². The molecule has 1 aromatic rings. The fourth-order valence-corrected chi connectivity index (χ4v) is 2.04. The highest BCUT2D eigenvalue weighted by Crippen LogP contribution is 2.24. The average molecular weight is 331 g/mol. The predicted octanol–water partition coefficient (Wildman–Crippen LogP) is 1.35. The Labute approximate surface area is 121 Å². The molecule has 1 aromatic carbocycles. The molecule has 1 amide bonds. The highest BCUT2D eigenvalue weighted by Gasteiger charge is 2.07. The van der Waals surface area contributed by atoms with Crippen molar-refractivity contribution in [3.8, 4) is 5.75 Å². The van der Waals surface area contributed by atoms with Crippen LogP contribution in [0.25, 0.3) is 0 Å². The van der Waals surface area contributed by atoms with Crippen LogP contribution >= 0.6 is 15.9 Å². The van der Waals surface area contributed by atoms with Crippen LogP contribution in [0.5, 0.6) is 5.75 Å². The molecule has 2 N–H and O–H groups in total. The van der Waals surface area contributed by atoms with E-state index >= 15 is 0 Å². The fraction of sp³-hybridized carbons (Fsp3) is 0.462. The molecule has 0 unspecified atom stereocenters. The Kier molecular flexibility index (Phi) is 6.83. The number of hydrogen-bond donors (Lipinski definition) is 2. The number of methoxy groups -OCH3 is 1. The summed E-state index contributed by atoms with van der Waals surface area (Å²) in [4.78, 5) is 13.5. The van der Waals surface area contributed by atoms with Gasteiger partial charge in [-0.15, -0.1) is 0 Å². The summed E-state index contributed by atoms with van der Waals surface area (Å²) in [5.41, 5.74) is 1.02. The minimum absolute atomic E-state index is 0.0302. The van der Waals surface area contributed by atoms with E-state index in [4.69, 9.17) is 4.74 Å². The Bertz CT molecular complexity index is 426. The lowest BCUT2D eigenvalue weighted by atomic mass is 10.2. The van der Waals surface area contributed by atoms with Crippen molar-refractivity contribution in [2.24, 2.45) is 0 Å². The SMILES string of the molecule is COCCNC(=O)CN(C)Cc1ccc(O)c(Br)c1. The van der Waals surface area contributed by atoms with Gasteiger partial charge in [0.2, 0.25) is 5.91 Å². The van der Waals surface area contributed by atoms with Gasteiger partial charge in [0.25, 0.3) is 0 Å². The second-order valence-electron chi connectivity index (χ2n) is 4.30. The Hall–Kier alpha value is -1.11. The third kappa shape index (κ3) is 6.04. The number of carbonyl (C=O) groups is 1. The first kappa shape index (κ1) is 15.9. The Morgan fingerprint density at radius 2 is 2.26 bits per heavy atom. The van der Waals surface area contributed by atoms with E-state index in [2.05, 4.69) is 21.2 Å². The van der Waals surface area contributed by atoms with E-state index < -0.39 is 0 Å². The number of carbonyl (C=O) groups excluding carboxylic acids is 1. The molecule has 0 aromatic heterocycles. The third-order valence-corrected chi connectivity index (χ3v) is 3.14. The highest BCUT2D eigenvalue weighted by molar-refractivity contribution is 9.10. The fourth-order valence-electron chi connectivity index (χ4n) is 1.61. The number of hydrogen-bond acceptors (Lipinski definition) is 4. The van der Waals surface area contributed by atoms with Crippen LogP contribution in [0, 0.1) is 0 Å². The van der Waals surface area contributed by atoms with Crippen LogP contribution in [-0.2, 0) is 16.1 Å². The molecule has 6 heteroatoms. The minimum atomic E-state index is -0.0302. The van der Waals surface area contributed by atoms with Crippen molar-refractivity contribution in [2.45, 2.75) is 6.54 Å². The minimum Gasteiger partial charge on any atom is -0.507 e. The van der Waals surface area contributed by atoms with Crippen molar-refractivity contribution in [3.63, 3.8) is 0 Å². The van der Waals surface area contributed by atoms with Crippen LogP contribution in [-0.4, -0.2) is 49.8 Å². The number of ether oxygens (including phenoxy) is 1. The molecule has 0 saturated carbocycles. The summed E-state index contributed by atoms with van der Waals surface area (Å²) in [6.07, 6.45) is 0. The number of halogens is 1. The predicted molar refractivity (Wildman–Crippen MR) is 77.0 cm³/mol. The van der Waals surface area contributed by atoms with Crippen LogP contribution in [0.15, 0.2) is 22.7 Å². The molecule has 0 aliphatic carbocycles. The van der Waals surface area contributed by atoms with Crippen LogP contribution in [0.3, 0.4) is 0 Å². The van der Waals surface area contributed by atoms with E-state index in [0.717, 1.165) is 5.56 Å². The van der Waals surface area contributed by atoms with Crippen LogP contribution in [0.1, 0.15) is 5.56 Å². The van der Waals surface area contributed by atoms with E-state index in [1.807, 2.05) is 24.1 Å². The van der Waals surface area contributed by atoms with E-state index in [1.54, 1.807) is 13.2 Å². The number of nitrogens with one attached hydrogen (secondary N) is 1. The van der Waals surface area contributed by atoms with Gasteiger partial charge in [-0.2, -0.15) is 0 Å². The third-order valence-electron chi connectivity index (χ3n) is 2.51. The molecule has 19 heavy (non-hydrogen) atoms. The maximum absolute atomic E-state index is 11.6. The second kappa shape index (κ2) is 8.14. The smallest absolute Gasteiger partial charge is 0.234 e. The van der Waals surface area contributed by atoms with E-state index in [0.29, 0.717) is 30.7 Å². The van der Waals surface area contributed by atoms with Gasteiger partial charge in [-0.25, -0.2) is 0 Å². The molecule has 0 saturated heterocycles. The molecular weight excluding hydrogens is 312 g/mol. The van der Waals surface area contributed by atoms with Crippen molar-refractivity contribution in [3.05, 3.63) is 28.2 Å². The molecule has 106 valence electrons. The number of phenols is 1. The number of likely N-dealkylation sites (N-methyl/N-ethyl adjacent to an activating group) is 1. The summed E-state index contributed by atoms with van der Waals surface area (Å²) in [5, 5.41) is 12.2. The second-order valence-corrected chi connectivity index (χ2v) is 5.16. The van der Waals surface area contributed by atoms with E-state index in [1.165, 1.54) is 0 Å². The molecule has 0 aliphatic heterocycles. The van der Waals surface area contributed by atoms with Crippen molar-refractivity contribution < 1.29 is 14.6 Å².